The third-order valence-corrected chi connectivity index (χ3v) is 7.72. The smallest absolute Gasteiger partial charge is 0.254 e. The number of nitrogens with zero attached hydrogens (tertiary/aromatic N) is 1. The van der Waals surface area contributed by atoms with Gasteiger partial charge in [-0.05, 0) is 54.8 Å². The van der Waals surface area contributed by atoms with Crippen LogP contribution in [-0.2, 0) is 16.4 Å². The molecule has 0 bridgehead atoms. The van der Waals surface area contributed by atoms with Crippen molar-refractivity contribution in [1.82, 2.24) is 4.90 Å². The molecule has 1 fully saturated rings. The quantitative estimate of drug-likeness (QED) is 0.448. The van der Waals surface area contributed by atoms with Crippen molar-refractivity contribution < 1.29 is 17.9 Å². The van der Waals surface area contributed by atoms with Crippen LogP contribution in [0.25, 0.3) is 0 Å². The van der Waals surface area contributed by atoms with Gasteiger partial charge in [-0.3, -0.25) is 4.79 Å². The van der Waals surface area contributed by atoms with Crippen LogP contribution in [-0.4, -0.2) is 43.4 Å². The van der Waals surface area contributed by atoms with Gasteiger partial charge in [-0.15, -0.1) is 0 Å². The highest BCUT2D eigenvalue weighted by atomic mass is 35.5. The van der Waals surface area contributed by atoms with Crippen LogP contribution in [0, 0.1) is 0 Å². The molecule has 3 rings (SSSR count). The molecule has 1 aliphatic heterocycles. The summed E-state index contributed by atoms with van der Waals surface area (Å²) in [6.07, 6.45) is 3.64. The molecule has 2 aromatic rings. The molecule has 2 aromatic carbocycles. The monoisotopic (exact) mass is 483 g/mol. The maximum absolute atomic E-state index is 13.4. The summed E-state index contributed by atoms with van der Waals surface area (Å²) in [5, 5.41) is 0.951. The Balaban J connectivity index is 1.78. The third kappa shape index (κ3) is 6.61. The molecule has 1 saturated heterocycles. The standard InChI is InChI=1S/C23H27Cl2NO4S/c1-2-3-4-12-30-21-9-6-17(7-10-21)23(27)26(20-11-13-31(28,29)16-20)15-18-5-8-19(24)14-22(18)25/h5-10,14,20H,2-4,11-13,15-16H2,1H3/t20-/m0/s1. The average molecular weight is 484 g/mol. The lowest BCUT2D eigenvalue weighted by molar-refractivity contribution is 0.0681. The number of rotatable bonds is 9. The number of carbonyl (C=O) groups is 1. The van der Waals surface area contributed by atoms with Crippen molar-refractivity contribution in [2.24, 2.45) is 0 Å². The largest absolute Gasteiger partial charge is 0.494 e. The molecular formula is C23H27Cl2NO4S. The van der Waals surface area contributed by atoms with E-state index in [0.717, 1.165) is 24.8 Å². The first-order chi connectivity index (χ1) is 14.8. The van der Waals surface area contributed by atoms with Crippen LogP contribution in [0.1, 0.15) is 48.5 Å². The van der Waals surface area contributed by atoms with Crippen LogP contribution in [0.2, 0.25) is 10.0 Å². The fraction of sp³-hybridized carbons (Fsp3) is 0.435. The summed E-state index contributed by atoms with van der Waals surface area (Å²) in [5.41, 5.74) is 1.20. The van der Waals surface area contributed by atoms with E-state index in [1.165, 1.54) is 0 Å². The summed E-state index contributed by atoms with van der Waals surface area (Å²) < 4.78 is 29.8. The van der Waals surface area contributed by atoms with Crippen molar-refractivity contribution in [3.8, 4) is 5.75 Å². The Hall–Kier alpha value is -1.76. The Morgan fingerprint density at radius 3 is 2.48 bits per heavy atom. The molecule has 0 N–H and O–H groups in total. The fourth-order valence-corrected chi connectivity index (χ4v) is 5.82. The van der Waals surface area contributed by atoms with E-state index in [1.54, 1.807) is 47.4 Å². The van der Waals surface area contributed by atoms with Gasteiger partial charge in [0.05, 0.1) is 18.1 Å². The zero-order valence-corrected chi connectivity index (χ0v) is 19.8. The van der Waals surface area contributed by atoms with Crippen molar-refractivity contribution in [1.29, 1.82) is 0 Å². The molecule has 1 heterocycles. The first kappa shape index (κ1) is 23.9. The first-order valence-electron chi connectivity index (χ1n) is 10.5. The Morgan fingerprint density at radius 2 is 1.87 bits per heavy atom. The summed E-state index contributed by atoms with van der Waals surface area (Å²) in [6.45, 7) is 2.99. The lowest BCUT2D eigenvalue weighted by atomic mass is 10.1. The normalized spacial score (nSPS) is 17.5. The second-order valence-corrected chi connectivity index (χ2v) is 10.9. The summed E-state index contributed by atoms with van der Waals surface area (Å²) in [6, 6.07) is 11.7. The first-order valence-corrected chi connectivity index (χ1v) is 13.0. The number of ether oxygens (including phenoxy) is 1. The highest BCUT2D eigenvalue weighted by Crippen LogP contribution is 2.27. The van der Waals surface area contributed by atoms with Crippen molar-refractivity contribution in [3.05, 3.63) is 63.6 Å². The van der Waals surface area contributed by atoms with Crippen LogP contribution in [0.15, 0.2) is 42.5 Å². The number of amides is 1. The highest BCUT2D eigenvalue weighted by Gasteiger charge is 2.35. The van der Waals surface area contributed by atoms with Gasteiger partial charge in [0.25, 0.3) is 5.91 Å². The van der Waals surface area contributed by atoms with Crippen molar-refractivity contribution in [3.63, 3.8) is 0 Å². The van der Waals surface area contributed by atoms with E-state index in [1.807, 2.05) is 0 Å². The predicted octanol–water partition coefficient (Wildman–Crippen LogP) is 5.39. The molecule has 1 amide bonds. The minimum Gasteiger partial charge on any atom is -0.494 e. The molecule has 0 aliphatic carbocycles. The molecular weight excluding hydrogens is 457 g/mol. The molecule has 0 saturated carbocycles. The Kier molecular flexibility index (Phi) is 8.25. The SMILES string of the molecule is CCCCCOc1ccc(C(=O)N(Cc2ccc(Cl)cc2Cl)[C@H]2CCS(=O)(=O)C2)cc1. The minimum absolute atomic E-state index is 0.0391. The highest BCUT2D eigenvalue weighted by molar-refractivity contribution is 7.91. The maximum atomic E-state index is 13.4. The number of unbranched alkanes of at least 4 members (excludes halogenated alkanes) is 2. The maximum Gasteiger partial charge on any atom is 0.254 e. The topological polar surface area (TPSA) is 63.7 Å². The third-order valence-electron chi connectivity index (χ3n) is 5.38. The van der Waals surface area contributed by atoms with E-state index in [4.69, 9.17) is 27.9 Å². The summed E-state index contributed by atoms with van der Waals surface area (Å²) in [5.74, 6) is 0.525. The van der Waals surface area contributed by atoms with Gasteiger partial charge in [-0.25, -0.2) is 8.42 Å². The van der Waals surface area contributed by atoms with Crippen LogP contribution in [0.5, 0.6) is 5.75 Å². The van der Waals surface area contributed by atoms with Crippen LogP contribution in [0.4, 0.5) is 0 Å². The van der Waals surface area contributed by atoms with Gasteiger partial charge in [0.15, 0.2) is 9.84 Å². The Bertz CT molecular complexity index is 1010. The number of hydrogen-bond donors (Lipinski definition) is 0. The van der Waals surface area contributed by atoms with E-state index in [-0.39, 0.29) is 24.0 Å². The van der Waals surface area contributed by atoms with Crippen molar-refractivity contribution in [2.45, 2.75) is 45.2 Å². The number of hydrogen-bond acceptors (Lipinski definition) is 4. The fourth-order valence-electron chi connectivity index (χ4n) is 3.62. The van der Waals surface area contributed by atoms with Gasteiger partial charge in [0, 0.05) is 28.2 Å². The molecule has 0 unspecified atom stereocenters. The summed E-state index contributed by atoms with van der Waals surface area (Å²) in [7, 11) is -3.16. The molecule has 8 heteroatoms. The molecule has 0 spiro atoms. The Morgan fingerprint density at radius 1 is 1.13 bits per heavy atom. The van der Waals surface area contributed by atoms with Crippen LogP contribution in [0.3, 0.4) is 0 Å². The second kappa shape index (κ2) is 10.7. The predicted molar refractivity (Wildman–Crippen MR) is 125 cm³/mol. The number of halogens is 2. The minimum atomic E-state index is -3.16. The van der Waals surface area contributed by atoms with Crippen molar-refractivity contribution in [2.75, 3.05) is 18.1 Å². The van der Waals surface area contributed by atoms with Gasteiger partial charge in [-0.2, -0.15) is 0 Å². The van der Waals surface area contributed by atoms with Gasteiger partial charge in [0.2, 0.25) is 0 Å². The number of carbonyl (C=O) groups excluding carboxylic acids is 1. The summed E-state index contributed by atoms with van der Waals surface area (Å²) >= 11 is 12.3. The number of sulfone groups is 1. The molecule has 168 valence electrons. The lowest BCUT2D eigenvalue weighted by Crippen LogP contribution is -2.40. The van der Waals surface area contributed by atoms with Crippen LogP contribution >= 0.6 is 23.2 Å². The Labute approximate surface area is 194 Å². The molecule has 1 aliphatic rings. The molecule has 31 heavy (non-hydrogen) atoms. The van der Waals surface area contributed by atoms with Crippen molar-refractivity contribution >= 4 is 38.9 Å². The second-order valence-electron chi connectivity index (χ2n) is 7.81. The molecule has 0 aromatic heterocycles. The van der Waals surface area contributed by atoms with Gasteiger partial charge >= 0.3 is 0 Å². The summed E-state index contributed by atoms with van der Waals surface area (Å²) in [4.78, 5) is 15.0. The molecule has 1 atom stereocenters. The van der Waals surface area contributed by atoms with E-state index in [0.29, 0.717) is 34.4 Å². The van der Waals surface area contributed by atoms with E-state index in [9.17, 15) is 13.2 Å². The van der Waals surface area contributed by atoms with Gasteiger partial charge in [0.1, 0.15) is 5.75 Å². The van der Waals surface area contributed by atoms with Gasteiger partial charge < -0.3 is 9.64 Å². The zero-order valence-electron chi connectivity index (χ0n) is 17.5. The number of benzene rings is 2. The molecule has 0 radical (unpaired) electrons. The lowest BCUT2D eigenvalue weighted by Gasteiger charge is -2.29. The van der Waals surface area contributed by atoms with E-state index < -0.39 is 15.9 Å². The average Bonchev–Trinajstić information content (AvgIpc) is 3.10. The van der Waals surface area contributed by atoms with E-state index >= 15 is 0 Å². The van der Waals surface area contributed by atoms with E-state index in [2.05, 4.69) is 6.92 Å². The van der Waals surface area contributed by atoms with Crippen LogP contribution < -0.4 is 4.74 Å². The zero-order chi connectivity index (χ0) is 22.4. The molecule has 5 nitrogen and oxygen atoms in total. The van der Waals surface area contributed by atoms with Gasteiger partial charge in [-0.1, -0.05) is 49.0 Å².